The van der Waals surface area contributed by atoms with Crippen molar-refractivity contribution in [2.24, 2.45) is 0 Å². The molecular weight excluding hydrogens is 508 g/mol. The molecule has 1 heterocycles. The number of anilines is 5. The SMILES string of the molecule is CN[C@H](C)C(=O)Nc1cccc(N(c2nc3ccccc3nc2Nc2cc(OC)cc(OC)c2)[SH](=O)=O)c1. The highest BCUT2D eigenvalue weighted by atomic mass is 32.2. The van der Waals surface area contributed by atoms with E-state index in [9.17, 15) is 13.2 Å². The van der Waals surface area contributed by atoms with E-state index in [1.807, 2.05) is 6.07 Å². The summed E-state index contributed by atoms with van der Waals surface area (Å²) in [4.78, 5) is 21.7. The Balaban J connectivity index is 1.83. The molecule has 0 aliphatic heterocycles. The van der Waals surface area contributed by atoms with Crippen LogP contribution in [-0.2, 0) is 15.7 Å². The summed E-state index contributed by atoms with van der Waals surface area (Å²) in [6, 6.07) is 18.4. The standard InChI is InChI=1S/C26H28N6O5S/c1-16(27-2)26(33)29-17-8-7-9-19(12-17)32(38(34)35)25-24(30-22-10-5-6-11-23(22)31-25)28-18-13-20(36-3)15-21(14-18)37-4/h5-16,27,38H,1-4H3,(H,28,30)(H,29,33)/t16-/m1/s1. The molecule has 0 aliphatic carbocycles. The number of hydrogen-bond acceptors (Lipinski definition) is 9. The van der Waals surface area contributed by atoms with Crippen LogP contribution in [0.25, 0.3) is 11.0 Å². The first-order chi connectivity index (χ1) is 18.3. The fourth-order valence-electron chi connectivity index (χ4n) is 3.63. The van der Waals surface area contributed by atoms with Crippen LogP contribution in [0.1, 0.15) is 6.92 Å². The van der Waals surface area contributed by atoms with Crippen LogP contribution in [0.2, 0.25) is 0 Å². The summed E-state index contributed by atoms with van der Waals surface area (Å²) in [6.45, 7) is 1.72. The Labute approximate surface area is 221 Å². The van der Waals surface area contributed by atoms with Gasteiger partial charge in [-0.15, -0.1) is 0 Å². The molecule has 1 atom stereocenters. The van der Waals surface area contributed by atoms with Gasteiger partial charge < -0.3 is 25.4 Å². The molecule has 3 N–H and O–H groups in total. The van der Waals surface area contributed by atoms with Crippen molar-refractivity contribution in [3.05, 3.63) is 66.7 Å². The fraction of sp³-hybridized carbons (Fsp3) is 0.192. The lowest BCUT2D eigenvalue weighted by Crippen LogP contribution is -2.35. The molecule has 0 unspecified atom stereocenters. The highest BCUT2D eigenvalue weighted by Crippen LogP contribution is 2.35. The molecule has 0 fully saturated rings. The lowest BCUT2D eigenvalue weighted by Gasteiger charge is -2.21. The minimum Gasteiger partial charge on any atom is -0.497 e. The summed E-state index contributed by atoms with van der Waals surface area (Å²) in [6.07, 6.45) is 0. The molecule has 0 saturated carbocycles. The van der Waals surface area contributed by atoms with E-state index >= 15 is 0 Å². The third-order valence-corrected chi connectivity index (χ3v) is 6.46. The highest BCUT2D eigenvalue weighted by molar-refractivity contribution is 7.74. The van der Waals surface area contributed by atoms with E-state index in [0.29, 0.717) is 33.9 Å². The number of nitrogens with zero attached hydrogens (tertiary/aromatic N) is 3. The Morgan fingerprint density at radius 1 is 0.895 bits per heavy atom. The number of thiol groups is 1. The molecule has 198 valence electrons. The average Bonchev–Trinajstić information content (AvgIpc) is 2.92. The number of aromatic nitrogens is 2. The largest absolute Gasteiger partial charge is 0.497 e. The van der Waals surface area contributed by atoms with Crippen LogP contribution in [0.4, 0.5) is 28.7 Å². The third-order valence-electron chi connectivity index (χ3n) is 5.71. The smallest absolute Gasteiger partial charge is 0.241 e. The van der Waals surface area contributed by atoms with E-state index in [4.69, 9.17) is 9.47 Å². The highest BCUT2D eigenvalue weighted by Gasteiger charge is 2.22. The number of hydrogen-bond donors (Lipinski definition) is 4. The van der Waals surface area contributed by atoms with Crippen molar-refractivity contribution in [2.45, 2.75) is 13.0 Å². The second-order valence-electron chi connectivity index (χ2n) is 8.21. The van der Waals surface area contributed by atoms with E-state index in [1.165, 1.54) is 14.2 Å². The summed E-state index contributed by atoms with van der Waals surface area (Å²) in [5.74, 6) is 1.05. The van der Waals surface area contributed by atoms with Gasteiger partial charge in [-0.05, 0) is 44.3 Å². The van der Waals surface area contributed by atoms with E-state index in [-0.39, 0.29) is 23.2 Å². The van der Waals surface area contributed by atoms with E-state index in [1.54, 1.807) is 74.6 Å². The summed E-state index contributed by atoms with van der Waals surface area (Å²) >= 11 is 0. The number of benzene rings is 3. The van der Waals surface area contributed by atoms with Gasteiger partial charge in [0, 0.05) is 29.6 Å². The van der Waals surface area contributed by atoms with Crippen molar-refractivity contribution < 1.29 is 22.7 Å². The minimum atomic E-state index is -3.21. The summed E-state index contributed by atoms with van der Waals surface area (Å²) < 4.78 is 37.1. The Morgan fingerprint density at radius 3 is 2.16 bits per heavy atom. The number of para-hydroxylation sites is 2. The van der Waals surface area contributed by atoms with Gasteiger partial charge in [0.25, 0.3) is 0 Å². The molecular formula is C26H28N6O5S. The normalized spacial score (nSPS) is 11.7. The van der Waals surface area contributed by atoms with Gasteiger partial charge in [-0.1, -0.05) is 18.2 Å². The van der Waals surface area contributed by atoms with E-state index in [0.717, 1.165) is 4.31 Å². The van der Waals surface area contributed by atoms with E-state index in [2.05, 4.69) is 25.9 Å². The molecule has 1 aromatic heterocycles. The second kappa shape index (κ2) is 11.8. The second-order valence-corrected chi connectivity index (χ2v) is 9.09. The molecule has 0 spiro atoms. The van der Waals surface area contributed by atoms with Gasteiger partial charge in [-0.3, -0.25) is 4.79 Å². The molecule has 11 nitrogen and oxygen atoms in total. The predicted molar refractivity (Wildman–Crippen MR) is 148 cm³/mol. The molecule has 4 rings (SSSR count). The predicted octanol–water partition coefficient (Wildman–Crippen LogP) is 3.60. The Kier molecular flexibility index (Phi) is 8.24. The van der Waals surface area contributed by atoms with Gasteiger partial charge in [0.2, 0.25) is 16.8 Å². The number of rotatable bonds is 10. The molecule has 0 radical (unpaired) electrons. The molecule has 0 bridgehead atoms. The molecule has 0 aliphatic rings. The number of amides is 1. The van der Waals surface area contributed by atoms with Gasteiger partial charge >= 0.3 is 0 Å². The molecule has 12 heteroatoms. The maximum atomic E-state index is 12.7. The number of nitrogens with one attached hydrogen (secondary N) is 3. The third kappa shape index (κ3) is 5.93. The number of likely N-dealkylation sites (N-methyl/N-ethyl adjacent to an activating group) is 1. The number of fused-ring (bicyclic) bond motifs is 1. The number of methoxy groups -OCH3 is 2. The Hall–Kier alpha value is -4.42. The van der Waals surface area contributed by atoms with Crippen molar-refractivity contribution in [1.29, 1.82) is 0 Å². The number of carbonyl (C=O) groups excluding carboxylic acids is 1. The van der Waals surface area contributed by atoms with Crippen LogP contribution < -0.4 is 29.7 Å². The van der Waals surface area contributed by atoms with Gasteiger partial charge in [0.15, 0.2) is 11.6 Å². The Bertz CT molecular complexity index is 1510. The zero-order valence-electron chi connectivity index (χ0n) is 21.3. The zero-order chi connectivity index (χ0) is 27.2. The van der Waals surface area contributed by atoms with Gasteiger partial charge in [0.05, 0.1) is 37.0 Å². The molecule has 0 saturated heterocycles. The van der Waals surface area contributed by atoms with E-state index < -0.39 is 16.9 Å². The van der Waals surface area contributed by atoms with Crippen molar-refractivity contribution in [3.63, 3.8) is 0 Å². The minimum absolute atomic E-state index is 0.0497. The summed E-state index contributed by atoms with van der Waals surface area (Å²) in [5, 5.41) is 8.82. The summed E-state index contributed by atoms with van der Waals surface area (Å²) in [7, 11) is 1.53. The Morgan fingerprint density at radius 2 is 1.55 bits per heavy atom. The molecule has 1 amide bonds. The molecule has 3 aromatic carbocycles. The van der Waals surface area contributed by atoms with Crippen molar-refractivity contribution >= 4 is 56.5 Å². The summed E-state index contributed by atoms with van der Waals surface area (Å²) in [5.41, 5.74) is 2.32. The topological polar surface area (TPSA) is 135 Å². The van der Waals surface area contributed by atoms with Gasteiger partial charge in [-0.2, -0.15) is 0 Å². The average molecular weight is 537 g/mol. The quantitative estimate of drug-likeness (QED) is 0.224. The van der Waals surface area contributed by atoms with Crippen LogP contribution in [-0.4, -0.2) is 51.6 Å². The number of carbonyl (C=O) groups is 1. The lowest BCUT2D eigenvalue weighted by atomic mass is 10.2. The first-order valence-electron chi connectivity index (χ1n) is 11.6. The zero-order valence-corrected chi connectivity index (χ0v) is 22.2. The molecule has 38 heavy (non-hydrogen) atoms. The fourth-order valence-corrected chi connectivity index (χ4v) is 4.24. The maximum absolute atomic E-state index is 12.7. The maximum Gasteiger partial charge on any atom is 0.241 e. The molecule has 4 aromatic rings. The van der Waals surface area contributed by atoms with Gasteiger partial charge in [0.1, 0.15) is 11.5 Å². The van der Waals surface area contributed by atoms with Crippen molar-refractivity contribution in [3.8, 4) is 11.5 Å². The monoisotopic (exact) mass is 536 g/mol. The van der Waals surface area contributed by atoms with Crippen LogP contribution in [0.15, 0.2) is 66.7 Å². The first kappa shape index (κ1) is 26.6. The van der Waals surface area contributed by atoms with Gasteiger partial charge in [-0.25, -0.2) is 22.7 Å². The first-order valence-corrected chi connectivity index (χ1v) is 12.8. The van der Waals surface area contributed by atoms with Crippen LogP contribution in [0, 0.1) is 0 Å². The van der Waals surface area contributed by atoms with Crippen LogP contribution in [0.3, 0.4) is 0 Å². The van der Waals surface area contributed by atoms with Crippen molar-refractivity contribution in [1.82, 2.24) is 15.3 Å². The van der Waals surface area contributed by atoms with Crippen LogP contribution >= 0.6 is 0 Å². The van der Waals surface area contributed by atoms with Crippen LogP contribution in [0.5, 0.6) is 11.5 Å². The lowest BCUT2D eigenvalue weighted by molar-refractivity contribution is -0.117. The number of ether oxygens (including phenoxy) is 2. The van der Waals surface area contributed by atoms with Crippen molar-refractivity contribution in [2.75, 3.05) is 36.2 Å².